The topological polar surface area (TPSA) is 141 Å². The van der Waals surface area contributed by atoms with Crippen LogP contribution in [-0.4, -0.2) is 40.5 Å². The van der Waals surface area contributed by atoms with Crippen LogP contribution in [-0.2, 0) is 12.8 Å². The smallest absolute Gasteiger partial charge is 0.439 e. The lowest BCUT2D eigenvalue weighted by Gasteiger charge is -2.31. The lowest BCUT2D eigenvalue weighted by atomic mass is 9.92. The number of aromatic nitrogens is 6. The predicted molar refractivity (Wildman–Crippen MR) is 172 cm³/mol. The van der Waals surface area contributed by atoms with Gasteiger partial charge in [0, 0.05) is 23.6 Å². The molecule has 2 N–H and O–H groups in total. The third kappa shape index (κ3) is 5.71. The van der Waals surface area contributed by atoms with Crippen LogP contribution in [0.2, 0.25) is 0 Å². The third-order valence-electron chi connectivity index (χ3n) is 8.73. The van der Waals surface area contributed by atoms with Gasteiger partial charge in [-0.3, -0.25) is 18.9 Å². The molecule has 0 amide bonds. The van der Waals surface area contributed by atoms with Gasteiger partial charge in [-0.05, 0) is 73.1 Å². The SMILES string of the molecule is CCCc1c(Cc2ccc(-c3ccccc3-c3noc(=O)[nH]3)cc2)c(=O)n(C2CCC(Oc3ccc(O)cc3)CC2)c2ncnn12. The molecule has 0 atom stereocenters. The number of phenols is 1. The Hall–Kier alpha value is -5.45. The van der Waals surface area contributed by atoms with E-state index in [9.17, 15) is 14.7 Å². The maximum Gasteiger partial charge on any atom is 0.439 e. The average molecular weight is 619 g/mol. The Morgan fingerprint density at radius 3 is 2.39 bits per heavy atom. The molecule has 0 spiro atoms. The molecule has 0 saturated heterocycles. The van der Waals surface area contributed by atoms with E-state index in [4.69, 9.17) is 9.26 Å². The predicted octanol–water partition coefficient (Wildman–Crippen LogP) is 5.71. The first-order chi connectivity index (χ1) is 22.5. The molecule has 11 heteroatoms. The molecule has 11 nitrogen and oxygen atoms in total. The zero-order chi connectivity index (χ0) is 31.6. The van der Waals surface area contributed by atoms with Crippen molar-refractivity contribution >= 4 is 5.78 Å². The highest BCUT2D eigenvalue weighted by Gasteiger charge is 2.28. The van der Waals surface area contributed by atoms with E-state index in [1.165, 1.54) is 6.33 Å². The summed E-state index contributed by atoms with van der Waals surface area (Å²) < 4.78 is 14.6. The molecule has 46 heavy (non-hydrogen) atoms. The average Bonchev–Trinajstić information content (AvgIpc) is 3.74. The van der Waals surface area contributed by atoms with Gasteiger partial charge in [-0.2, -0.15) is 10.1 Å². The first-order valence-electron chi connectivity index (χ1n) is 15.6. The Bertz CT molecular complexity index is 2080. The normalized spacial score (nSPS) is 16.5. The van der Waals surface area contributed by atoms with Gasteiger partial charge in [0.1, 0.15) is 17.8 Å². The highest BCUT2D eigenvalue weighted by atomic mass is 16.5. The van der Waals surface area contributed by atoms with Crippen molar-refractivity contribution < 1.29 is 14.4 Å². The fourth-order valence-electron chi connectivity index (χ4n) is 6.51. The monoisotopic (exact) mass is 618 g/mol. The number of ether oxygens (including phenoxy) is 1. The van der Waals surface area contributed by atoms with Crippen LogP contribution >= 0.6 is 0 Å². The molecule has 3 heterocycles. The standard InChI is InChI=1S/C35H34N6O5/c1-2-5-31-30(20-22-8-10-23(11-9-22)28-6-3-4-7-29(28)32-38-35(44)46-39-32)33(43)40(34-36-21-37-41(31)34)24-12-16-26(17-13-24)45-27-18-14-25(42)15-19-27/h3-4,6-11,14-15,18-19,21,24,26,42H,2,5,12-13,16-17,20H2,1H3,(H,38,39,44). The summed E-state index contributed by atoms with van der Waals surface area (Å²) in [5.41, 5.74) is 5.22. The molecule has 3 aromatic heterocycles. The van der Waals surface area contributed by atoms with Crippen molar-refractivity contribution in [1.82, 2.24) is 29.3 Å². The van der Waals surface area contributed by atoms with Gasteiger partial charge in [0.05, 0.1) is 11.8 Å². The number of H-pyrrole nitrogens is 1. The molecule has 1 aliphatic carbocycles. The molecule has 0 unspecified atom stereocenters. The number of nitrogens with one attached hydrogen (secondary N) is 1. The summed E-state index contributed by atoms with van der Waals surface area (Å²) >= 11 is 0. The Morgan fingerprint density at radius 1 is 0.957 bits per heavy atom. The number of aromatic amines is 1. The second-order valence-corrected chi connectivity index (χ2v) is 11.7. The van der Waals surface area contributed by atoms with Crippen molar-refractivity contribution in [1.29, 1.82) is 0 Å². The van der Waals surface area contributed by atoms with Crippen molar-refractivity contribution in [3.8, 4) is 34.0 Å². The molecule has 1 aliphatic rings. The van der Waals surface area contributed by atoms with Crippen LogP contribution in [0.5, 0.6) is 11.5 Å². The summed E-state index contributed by atoms with van der Waals surface area (Å²) in [5.74, 6) is 1.29. The number of benzene rings is 3. The molecule has 1 fully saturated rings. The summed E-state index contributed by atoms with van der Waals surface area (Å²) in [6, 6.07) is 22.6. The van der Waals surface area contributed by atoms with Crippen LogP contribution in [0.15, 0.2) is 93.2 Å². The second kappa shape index (κ2) is 12.5. The number of fused-ring (bicyclic) bond motifs is 1. The van der Waals surface area contributed by atoms with Crippen molar-refractivity contribution in [2.24, 2.45) is 0 Å². The molecule has 3 aromatic carbocycles. The Kier molecular flexibility index (Phi) is 7.96. The highest BCUT2D eigenvalue weighted by molar-refractivity contribution is 5.80. The fourth-order valence-corrected chi connectivity index (χ4v) is 6.51. The van der Waals surface area contributed by atoms with E-state index in [-0.39, 0.29) is 23.5 Å². The number of aromatic hydroxyl groups is 1. The summed E-state index contributed by atoms with van der Waals surface area (Å²) in [6.45, 7) is 2.10. The minimum Gasteiger partial charge on any atom is -0.508 e. The Morgan fingerprint density at radius 2 is 1.70 bits per heavy atom. The van der Waals surface area contributed by atoms with Crippen molar-refractivity contribution in [2.75, 3.05) is 0 Å². The van der Waals surface area contributed by atoms with Crippen LogP contribution in [0.1, 0.15) is 61.9 Å². The van der Waals surface area contributed by atoms with E-state index in [2.05, 4.69) is 27.1 Å². The van der Waals surface area contributed by atoms with E-state index in [1.54, 1.807) is 24.3 Å². The minimum absolute atomic E-state index is 0.0174. The third-order valence-corrected chi connectivity index (χ3v) is 8.73. The zero-order valence-corrected chi connectivity index (χ0v) is 25.4. The minimum atomic E-state index is -0.603. The van der Waals surface area contributed by atoms with Crippen LogP contribution < -0.4 is 16.1 Å². The van der Waals surface area contributed by atoms with Gasteiger partial charge in [0.15, 0.2) is 5.82 Å². The summed E-state index contributed by atoms with van der Waals surface area (Å²) in [6.07, 6.45) is 6.77. The Labute approximate surface area is 264 Å². The van der Waals surface area contributed by atoms with Crippen molar-refractivity contribution in [2.45, 2.75) is 64.0 Å². The number of hydrogen-bond acceptors (Lipinski definition) is 8. The molecule has 0 aliphatic heterocycles. The molecule has 1 saturated carbocycles. The van der Waals surface area contributed by atoms with E-state index in [1.807, 2.05) is 57.6 Å². The molecule has 7 rings (SSSR count). The molecular formula is C35H34N6O5. The summed E-state index contributed by atoms with van der Waals surface area (Å²) in [4.78, 5) is 33.1. The number of aryl methyl sites for hydroxylation is 1. The van der Waals surface area contributed by atoms with Crippen LogP contribution in [0.4, 0.5) is 0 Å². The van der Waals surface area contributed by atoms with Gasteiger partial charge in [-0.1, -0.05) is 67.0 Å². The number of hydrogen-bond donors (Lipinski definition) is 2. The van der Waals surface area contributed by atoms with Crippen LogP contribution in [0.25, 0.3) is 28.3 Å². The highest BCUT2D eigenvalue weighted by Crippen LogP contribution is 2.33. The molecule has 6 aromatic rings. The van der Waals surface area contributed by atoms with Crippen molar-refractivity contribution in [3.05, 3.63) is 117 Å². The van der Waals surface area contributed by atoms with E-state index in [0.717, 1.165) is 71.4 Å². The van der Waals surface area contributed by atoms with Gasteiger partial charge in [-0.25, -0.2) is 9.31 Å². The van der Waals surface area contributed by atoms with E-state index in [0.29, 0.717) is 24.4 Å². The van der Waals surface area contributed by atoms with Crippen LogP contribution in [0, 0.1) is 0 Å². The van der Waals surface area contributed by atoms with E-state index < -0.39 is 5.76 Å². The molecule has 0 radical (unpaired) electrons. The maximum atomic E-state index is 14.4. The molecular weight excluding hydrogens is 584 g/mol. The number of phenolic OH excluding ortho intramolecular Hbond substituents is 1. The van der Waals surface area contributed by atoms with Gasteiger partial charge >= 0.3 is 5.76 Å². The fraction of sp³-hybridized carbons (Fsp3) is 0.286. The number of rotatable bonds is 9. The van der Waals surface area contributed by atoms with E-state index >= 15 is 0 Å². The number of nitrogens with zero attached hydrogens (tertiary/aromatic N) is 5. The summed E-state index contributed by atoms with van der Waals surface area (Å²) in [7, 11) is 0. The van der Waals surface area contributed by atoms with Gasteiger partial charge in [0.2, 0.25) is 5.78 Å². The Balaban J connectivity index is 1.17. The zero-order valence-electron chi connectivity index (χ0n) is 25.4. The summed E-state index contributed by atoms with van der Waals surface area (Å²) in [5, 5.41) is 18.0. The van der Waals surface area contributed by atoms with Crippen LogP contribution in [0.3, 0.4) is 0 Å². The largest absolute Gasteiger partial charge is 0.508 e. The molecule has 0 bridgehead atoms. The lowest BCUT2D eigenvalue weighted by Crippen LogP contribution is -2.35. The lowest BCUT2D eigenvalue weighted by molar-refractivity contribution is 0.132. The molecule has 234 valence electrons. The maximum absolute atomic E-state index is 14.4. The van der Waals surface area contributed by atoms with Crippen molar-refractivity contribution in [3.63, 3.8) is 0 Å². The van der Waals surface area contributed by atoms with Gasteiger partial charge < -0.3 is 9.84 Å². The first-order valence-corrected chi connectivity index (χ1v) is 15.6. The van der Waals surface area contributed by atoms with Gasteiger partial charge in [0.25, 0.3) is 5.56 Å². The first kappa shape index (κ1) is 29.3. The van der Waals surface area contributed by atoms with Gasteiger partial charge in [-0.15, -0.1) is 0 Å². The quantitative estimate of drug-likeness (QED) is 0.210. The second-order valence-electron chi connectivity index (χ2n) is 11.7.